The molecule has 0 spiro atoms. The summed E-state index contributed by atoms with van der Waals surface area (Å²) in [5.41, 5.74) is -2.34. The summed E-state index contributed by atoms with van der Waals surface area (Å²) >= 11 is 0. The normalized spacial score (nSPS) is 14.0. The van der Waals surface area contributed by atoms with Gasteiger partial charge in [0.1, 0.15) is 35.7 Å². The van der Waals surface area contributed by atoms with Gasteiger partial charge in [-0.1, -0.05) is 0 Å². The lowest BCUT2D eigenvalue weighted by atomic mass is 9.93. The van der Waals surface area contributed by atoms with Crippen molar-refractivity contribution in [2.24, 2.45) is 0 Å². The molecule has 0 heterocycles. The molecule has 46 heavy (non-hydrogen) atoms. The van der Waals surface area contributed by atoms with Crippen LogP contribution in [0.4, 0.5) is 0 Å². The number of ketones is 2. The van der Waals surface area contributed by atoms with Crippen molar-refractivity contribution in [1.29, 1.82) is 0 Å². The molecule has 8 N–H and O–H groups in total. The number of rotatable bonds is 16. The number of amides is 4. The van der Waals surface area contributed by atoms with Crippen molar-refractivity contribution in [3.63, 3.8) is 0 Å². The van der Waals surface area contributed by atoms with Gasteiger partial charge >= 0.3 is 11.9 Å². The molecule has 4 atom stereocenters. The lowest BCUT2D eigenvalue weighted by Gasteiger charge is -2.21. The van der Waals surface area contributed by atoms with E-state index in [1.807, 2.05) is 5.32 Å². The van der Waals surface area contributed by atoms with Crippen LogP contribution in [0.25, 0.3) is 0 Å². The summed E-state index contributed by atoms with van der Waals surface area (Å²) in [6.07, 6.45) is 0. The zero-order valence-corrected chi connectivity index (χ0v) is 26.0. The Hall–Kier alpha value is -4.80. The SMILES string of the molecule is CC(=O)c1cc(C(=O)NC(CS(=O)(=O)O)C(=O)N[C@H](CS(=O)(=O)O)C(=O)O)c(C(C)=O)cc1C(=O)NC(C)C(=O)N[C@H](C)C(=O)O. The van der Waals surface area contributed by atoms with Crippen molar-refractivity contribution in [3.05, 3.63) is 34.4 Å². The largest absolute Gasteiger partial charge is 0.480 e. The number of carboxylic acids is 2. The Bertz CT molecular complexity index is 1690. The van der Waals surface area contributed by atoms with Crippen LogP contribution in [0, 0.1) is 0 Å². The van der Waals surface area contributed by atoms with Gasteiger partial charge in [0.2, 0.25) is 11.8 Å². The molecule has 0 saturated carbocycles. The average molecular weight is 695 g/mol. The molecule has 0 bridgehead atoms. The molecule has 0 saturated heterocycles. The van der Waals surface area contributed by atoms with E-state index in [9.17, 15) is 59.7 Å². The van der Waals surface area contributed by atoms with Gasteiger partial charge in [-0.25, -0.2) is 4.79 Å². The summed E-state index contributed by atoms with van der Waals surface area (Å²) in [4.78, 5) is 98.4. The van der Waals surface area contributed by atoms with E-state index in [1.54, 1.807) is 5.32 Å². The van der Waals surface area contributed by atoms with Crippen LogP contribution in [-0.4, -0.2) is 119 Å². The highest BCUT2D eigenvalue weighted by atomic mass is 32.2. The predicted molar refractivity (Wildman–Crippen MR) is 152 cm³/mol. The Balaban J connectivity index is 3.55. The summed E-state index contributed by atoms with van der Waals surface area (Å²) in [6.45, 7) is 4.19. The van der Waals surface area contributed by atoms with E-state index in [4.69, 9.17) is 14.8 Å². The molecule has 0 aromatic heterocycles. The molecule has 20 nitrogen and oxygen atoms in total. The highest BCUT2D eigenvalue weighted by Crippen LogP contribution is 2.20. The molecule has 2 unspecified atom stereocenters. The maximum Gasteiger partial charge on any atom is 0.327 e. The van der Waals surface area contributed by atoms with Crippen LogP contribution in [0.5, 0.6) is 0 Å². The Labute approximate surface area is 260 Å². The van der Waals surface area contributed by atoms with Gasteiger partial charge in [-0.3, -0.25) is 42.7 Å². The van der Waals surface area contributed by atoms with Crippen LogP contribution >= 0.6 is 0 Å². The third kappa shape index (κ3) is 11.9. The van der Waals surface area contributed by atoms with Crippen LogP contribution in [0.3, 0.4) is 0 Å². The maximum atomic E-state index is 13.2. The number of Topliss-reactive ketones (excluding diaryl/α,β-unsaturated/α-hetero) is 2. The molecule has 22 heteroatoms. The van der Waals surface area contributed by atoms with E-state index < -0.39 is 125 Å². The fourth-order valence-corrected chi connectivity index (χ4v) is 4.89. The minimum Gasteiger partial charge on any atom is -0.480 e. The molecule has 1 aromatic carbocycles. The minimum atomic E-state index is -5.11. The van der Waals surface area contributed by atoms with Crippen LogP contribution in [0.1, 0.15) is 69.1 Å². The first kappa shape index (κ1) is 39.2. The molecule has 254 valence electrons. The van der Waals surface area contributed by atoms with E-state index in [0.29, 0.717) is 0 Å². The summed E-state index contributed by atoms with van der Waals surface area (Å²) < 4.78 is 63.6. The Kier molecular flexibility index (Phi) is 13.2. The number of hydrogen-bond acceptors (Lipinski definition) is 12. The first-order valence-corrected chi connectivity index (χ1v) is 15.8. The van der Waals surface area contributed by atoms with Gasteiger partial charge in [-0.15, -0.1) is 0 Å². The van der Waals surface area contributed by atoms with E-state index in [0.717, 1.165) is 32.9 Å². The van der Waals surface area contributed by atoms with Crippen molar-refractivity contribution in [2.45, 2.75) is 51.9 Å². The van der Waals surface area contributed by atoms with Crippen LogP contribution in [0.2, 0.25) is 0 Å². The first-order chi connectivity index (χ1) is 20.8. The highest BCUT2D eigenvalue weighted by molar-refractivity contribution is 7.86. The van der Waals surface area contributed by atoms with Crippen molar-refractivity contribution in [3.8, 4) is 0 Å². The van der Waals surface area contributed by atoms with E-state index in [-0.39, 0.29) is 0 Å². The fraction of sp³-hybridized carbons (Fsp3) is 0.417. The van der Waals surface area contributed by atoms with Crippen LogP contribution in [0.15, 0.2) is 12.1 Å². The topological polar surface area (TPSA) is 334 Å². The molecule has 1 aromatic rings. The van der Waals surface area contributed by atoms with E-state index >= 15 is 0 Å². The van der Waals surface area contributed by atoms with Crippen molar-refractivity contribution in [2.75, 3.05) is 11.5 Å². The standard InChI is InChI=1S/C24H30N4O16S2/c1-9(19(31)26-10(2)23(35)36)25-20(32)15-5-14(12(4)30)16(6-13(15)11(3)29)21(33)27-17(7-45(39,40)41)22(34)28-18(24(37)38)8-46(42,43)44/h5-6,9-10,17-18H,7-8H2,1-4H3,(H,25,32)(H,26,31)(H,27,33)(H,28,34)(H,35,36)(H,37,38)(H,39,40,41)(H,42,43,44)/t9?,10-,17?,18-/m1/s1. The van der Waals surface area contributed by atoms with Gasteiger partial charge in [0, 0.05) is 11.1 Å². The summed E-state index contributed by atoms with van der Waals surface area (Å²) in [6, 6.07) is -5.89. The third-order valence-corrected chi connectivity index (χ3v) is 7.38. The summed E-state index contributed by atoms with van der Waals surface area (Å²) in [7, 11) is -10.1. The van der Waals surface area contributed by atoms with E-state index in [1.165, 1.54) is 6.92 Å². The highest BCUT2D eigenvalue weighted by Gasteiger charge is 2.33. The van der Waals surface area contributed by atoms with Gasteiger partial charge in [0.15, 0.2) is 11.6 Å². The van der Waals surface area contributed by atoms with E-state index in [2.05, 4.69) is 10.6 Å². The van der Waals surface area contributed by atoms with Crippen LogP contribution < -0.4 is 21.3 Å². The molecule has 1 rings (SSSR count). The zero-order chi connectivity index (χ0) is 35.9. The number of carbonyl (C=O) groups is 8. The molecule has 0 fully saturated rings. The zero-order valence-electron chi connectivity index (χ0n) is 24.4. The smallest absolute Gasteiger partial charge is 0.327 e. The van der Waals surface area contributed by atoms with Gasteiger partial charge in [-0.05, 0) is 39.8 Å². The second kappa shape index (κ2) is 15.5. The Morgan fingerprint density at radius 2 is 1.00 bits per heavy atom. The van der Waals surface area contributed by atoms with Gasteiger partial charge in [0.05, 0.1) is 11.1 Å². The molecule has 0 aliphatic rings. The molecule has 0 radical (unpaired) electrons. The number of carboxylic acid groups (broad SMARTS) is 2. The predicted octanol–water partition coefficient (Wildman–Crippen LogP) is -2.76. The lowest BCUT2D eigenvalue weighted by molar-refractivity contribution is -0.141. The molecule has 0 aliphatic carbocycles. The molecular formula is C24H30N4O16S2. The Morgan fingerprint density at radius 3 is 1.37 bits per heavy atom. The average Bonchev–Trinajstić information content (AvgIpc) is 2.89. The third-order valence-electron chi connectivity index (χ3n) is 5.87. The fourth-order valence-electron chi connectivity index (χ4n) is 3.59. The first-order valence-electron chi connectivity index (χ1n) is 12.6. The van der Waals surface area contributed by atoms with Crippen LogP contribution in [-0.2, 0) is 39.4 Å². The van der Waals surface area contributed by atoms with Crippen molar-refractivity contribution >= 4 is 67.4 Å². The van der Waals surface area contributed by atoms with Gasteiger partial charge in [0.25, 0.3) is 32.1 Å². The number of hydrogen-bond donors (Lipinski definition) is 8. The number of benzene rings is 1. The minimum absolute atomic E-state index is 0.519. The van der Waals surface area contributed by atoms with Gasteiger partial charge in [-0.2, -0.15) is 16.8 Å². The lowest BCUT2D eigenvalue weighted by Crippen LogP contribution is -2.55. The second-order valence-corrected chi connectivity index (χ2v) is 12.7. The van der Waals surface area contributed by atoms with Crippen molar-refractivity contribution < 1.29 is 74.5 Å². The molecular weight excluding hydrogens is 664 g/mol. The second-order valence-electron chi connectivity index (χ2n) is 9.74. The Morgan fingerprint density at radius 1 is 0.587 bits per heavy atom. The monoisotopic (exact) mass is 694 g/mol. The number of aliphatic carboxylic acids is 2. The molecule has 0 aliphatic heterocycles. The number of nitrogens with one attached hydrogen (secondary N) is 4. The summed E-state index contributed by atoms with van der Waals surface area (Å²) in [5.74, 6) is -13.5. The number of carbonyl (C=O) groups excluding carboxylic acids is 6. The molecule has 4 amide bonds. The van der Waals surface area contributed by atoms with Gasteiger partial charge < -0.3 is 31.5 Å². The maximum absolute atomic E-state index is 13.2. The quantitative estimate of drug-likeness (QED) is 0.0642. The summed E-state index contributed by atoms with van der Waals surface area (Å²) in [5, 5.41) is 25.8. The van der Waals surface area contributed by atoms with Crippen molar-refractivity contribution in [1.82, 2.24) is 21.3 Å².